The number of carbonyl (C=O) groups is 1. The van der Waals surface area contributed by atoms with Crippen molar-refractivity contribution >= 4 is 32.4 Å². The van der Waals surface area contributed by atoms with E-state index >= 15 is 0 Å². The number of sulfonamides is 1. The SMILES string of the molecule is CCN(C(=O)CN(c1nccs1)S(=O)(=O)c1ccccc1)C1CCCCC1. The van der Waals surface area contributed by atoms with Gasteiger partial charge in [0.25, 0.3) is 10.0 Å². The molecule has 1 aromatic heterocycles. The summed E-state index contributed by atoms with van der Waals surface area (Å²) in [6.07, 6.45) is 6.97. The number of hydrogen-bond donors (Lipinski definition) is 0. The van der Waals surface area contributed by atoms with Crippen LogP contribution in [0.2, 0.25) is 0 Å². The molecule has 1 aliphatic rings. The summed E-state index contributed by atoms with van der Waals surface area (Å²) in [6, 6.07) is 8.40. The van der Waals surface area contributed by atoms with Crippen molar-refractivity contribution in [2.24, 2.45) is 0 Å². The van der Waals surface area contributed by atoms with Crippen molar-refractivity contribution < 1.29 is 13.2 Å². The van der Waals surface area contributed by atoms with E-state index < -0.39 is 10.0 Å². The second kappa shape index (κ2) is 8.84. The highest BCUT2D eigenvalue weighted by Gasteiger charge is 2.32. The Bertz CT molecular complexity index is 832. The Morgan fingerprint density at radius 1 is 1.19 bits per heavy atom. The van der Waals surface area contributed by atoms with Crippen LogP contribution in [0.3, 0.4) is 0 Å². The van der Waals surface area contributed by atoms with Crippen LogP contribution in [0.5, 0.6) is 0 Å². The van der Waals surface area contributed by atoms with Gasteiger partial charge in [-0.3, -0.25) is 4.79 Å². The molecule has 1 saturated carbocycles. The third-order valence-electron chi connectivity index (χ3n) is 4.92. The largest absolute Gasteiger partial charge is 0.338 e. The molecule has 2 aromatic rings. The molecule has 8 heteroatoms. The molecule has 0 atom stereocenters. The van der Waals surface area contributed by atoms with Crippen LogP contribution in [0.25, 0.3) is 0 Å². The van der Waals surface area contributed by atoms with Gasteiger partial charge < -0.3 is 4.90 Å². The smallest absolute Gasteiger partial charge is 0.266 e. The summed E-state index contributed by atoms with van der Waals surface area (Å²) in [4.78, 5) is 19.2. The summed E-state index contributed by atoms with van der Waals surface area (Å²) in [5.41, 5.74) is 0. The van der Waals surface area contributed by atoms with Crippen LogP contribution in [0.4, 0.5) is 5.13 Å². The fraction of sp³-hybridized carbons (Fsp3) is 0.474. The maximum Gasteiger partial charge on any atom is 0.266 e. The standard InChI is InChI=1S/C19H25N3O3S2/c1-2-21(16-9-5-3-6-10-16)18(23)15-22(19-20-13-14-26-19)27(24,25)17-11-7-4-8-12-17/h4,7-8,11-14,16H,2-3,5-6,9-10,15H2,1H3. The number of aromatic nitrogens is 1. The molecule has 146 valence electrons. The van der Waals surface area contributed by atoms with Gasteiger partial charge in [-0.2, -0.15) is 0 Å². The molecule has 0 unspecified atom stereocenters. The van der Waals surface area contributed by atoms with Crippen molar-refractivity contribution in [1.82, 2.24) is 9.88 Å². The monoisotopic (exact) mass is 407 g/mol. The number of carbonyl (C=O) groups excluding carboxylic acids is 1. The van der Waals surface area contributed by atoms with Crippen LogP contribution in [0, 0.1) is 0 Å². The van der Waals surface area contributed by atoms with E-state index in [0.29, 0.717) is 11.7 Å². The summed E-state index contributed by atoms with van der Waals surface area (Å²) in [5.74, 6) is -0.167. The van der Waals surface area contributed by atoms with Gasteiger partial charge in [0.05, 0.1) is 4.90 Å². The van der Waals surface area contributed by atoms with Gasteiger partial charge in [-0.05, 0) is 31.9 Å². The predicted molar refractivity (Wildman–Crippen MR) is 107 cm³/mol. The number of likely N-dealkylation sites (N-methyl/N-ethyl adjacent to an activating group) is 1. The molecule has 27 heavy (non-hydrogen) atoms. The Kier molecular flexibility index (Phi) is 6.49. The summed E-state index contributed by atoms with van der Waals surface area (Å²) >= 11 is 1.21. The van der Waals surface area contributed by atoms with Gasteiger partial charge in [0.2, 0.25) is 5.91 Å². The lowest BCUT2D eigenvalue weighted by molar-refractivity contribution is -0.132. The van der Waals surface area contributed by atoms with Gasteiger partial charge in [-0.25, -0.2) is 17.7 Å². The lowest BCUT2D eigenvalue weighted by atomic mass is 9.94. The zero-order valence-electron chi connectivity index (χ0n) is 15.5. The van der Waals surface area contributed by atoms with Crippen molar-refractivity contribution in [2.75, 3.05) is 17.4 Å². The summed E-state index contributed by atoms with van der Waals surface area (Å²) in [5, 5.41) is 2.03. The first kappa shape index (κ1) is 19.8. The minimum atomic E-state index is -3.86. The molecule has 0 bridgehead atoms. The zero-order valence-corrected chi connectivity index (χ0v) is 17.1. The van der Waals surface area contributed by atoms with E-state index in [9.17, 15) is 13.2 Å². The van der Waals surface area contributed by atoms with Crippen LogP contribution in [0.15, 0.2) is 46.8 Å². The van der Waals surface area contributed by atoms with E-state index in [1.54, 1.807) is 41.9 Å². The Labute approximate surface area is 164 Å². The van der Waals surface area contributed by atoms with E-state index in [1.165, 1.54) is 17.8 Å². The highest BCUT2D eigenvalue weighted by molar-refractivity contribution is 7.93. The summed E-state index contributed by atoms with van der Waals surface area (Å²) < 4.78 is 27.5. The number of thiazole rings is 1. The van der Waals surface area contributed by atoms with E-state index in [1.807, 2.05) is 11.8 Å². The average molecular weight is 408 g/mol. The van der Waals surface area contributed by atoms with Gasteiger partial charge in [-0.15, -0.1) is 11.3 Å². The number of hydrogen-bond acceptors (Lipinski definition) is 5. The molecule has 6 nitrogen and oxygen atoms in total. The maximum atomic E-state index is 13.2. The van der Waals surface area contributed by atoms with Gasteiger partial charge in [-0.1, -0.05) is 37.5 Å². The molecule has 1 amide bonds. The second-order valence-corrected chi connectivity index (χ2v) is 9.35. The first-order valence-corrected chi connectivity index (χ1v) is 11.6. The number of anilines is 1. The highest BCUT2D eigenvalue weighted by Crippen LogP contribution is 2.27. The molecule has 1 aliphatic carbocycles. The molecule has 1 heterocycles. The first-order valence-electron chi connectivity index (χ1n) is 9.30. The van der Waals surface area contributed by atoms with E-state index in [4.69, 9.17) is 0 Å². The number of amides is 1. The molecule has 3 rings (SSSR count). The van der Waals surface area contributed by atoms with Gasteiger partial charge in [0.15, 0.2) is 5.13 Å². The summed E-state index contributed by atoms with van der Waals surface area (Å²) in [6.45, 7) is 2.31. The molecule has 0 spiro atoms. The fourth-order valence-corrected chi connectivity index (χ4v) is 5.82. The second-order valence-electron chi connectivity index (χ2n) is 6.61. The Morgan fingerprint density at radius 2 is 1.89 bits per heavy atom. The molecule has 0 saturated heterocycles. The lowest BCUT2D eigenvalue weighted by Crippen LogP contribution is -2.47. The predicted octanol–water partition coefficient (Wildman–Crippen LogP) is 3.52. The van der Waals surface area contributed by atoms with Crippen molar-refractivity contribution in [3.63, 3.8) is 0 Å². The normalized spacial score (nSPS) is 15.4. The van der Waals surface area contributed by atoms with Crippen LogP contribution in [-0.2, 0) is 14.8 Å². The molecular weight excluding hydrogens is 382 g/mol. The van der Waals surface area contributed by atoms with Crippen LogP contribution < -0.4 is 4.31 Å². The molecule has 0 radical (unpaired) electrons. The van der Waals surface area contributed by atoms with Crippen molar-refractivity contribution in [3.05, 3.63) is 41.9 Å². The Morgan fingerprint density at radius 3 is 2.48 bits per heavy atom. The third kappa shape index (κ3) is 4.50. The van der Waals surface area contributed by atoms with E-state index in [-0.39, 0.29) is 23.4 Å². The fourth-order valence-electron chi connectivity index (χ4n) is 3.56. The molecule has 1 fully saturated rings. The molecule has 1 aromatic carbocycles. The van der Waals surface area contributed by atoms with Gasteiger partial charge >= 0.3 is 0 Å². The summed E-state index contributed by atoms with van der Waals surface area (Å²) in [7, 11) is -3.86. The maximum absolute atomic E-state index is 13.2. The number of rotatable bonds is 7. The van der Waals surface area contributed by atoms with Crippen LogP contribution >= 0.6 is 11.3 Å². The van der Waals surface area contributed by atoms with E-state index in [2.05, 4.69) is 4.98 Å². The van der Waals surface area contributed by atoms with Crippen LogP contribution in [-0.4, -0.2) is 43.3 Å². The topological polar surface area (TPSA) is 70.6 Å². The Balaban J connectivity index is 1.87. The van der Waals surface area contributed by atoms with Gasteiger partial charge in [0.1, 0.15) is 6.54 Å². The highest BCUT2D eigenvalue weighted by atomic mass is 32.2. The minimum absolute atomic E-state index is 0.161. The molecular formula is C19H25N3O3S2. The van der Waals surface area contributed by atoms with Crippen molar-refractivity contribution in [1.29, 1.82) is 0 Å². The minimum Gasteiger partial charge on any atom is -0.338 e. The van der Waals surface area contributed by atoms with Crippen molar-refractivity contribution in [3.8, 4) is 0 Å². The van der Waals surface area contributed by atoms with E-state index in [0.717, 1.165) is 30.0 Å². The number of nitrogens with zero attached hydrogens (tertiary/aromatic N) is 3. The zero-order chi connectivity index (χ0) is 19.3. The lowest BCUT2D eigenvalue weighted by Gasteiger charge is -2.35. The Hall–Kier alpha value is -1.93. The molecule has 0 N–H and O–H groups in total. The first-order chi connectivity index (χ1) is 13.0. The third-order valence-corrected chi connectivity index (χ3v) is 7.58. The van der Waals surface area contributed by atoms with Crippen molar-refractivity contribution in [2.45, 2.75) is 50.0 Å². The molecule has 0 aliphatic heterocycles. The quantitative estimate of drug-likeness (QED) is 0.704. The average Bonchev–Trinajstić information content (AvgIpc) is 3.22. The number of benzene rings is 1. The van der Waals surface area contributed by atoms with Crippen LogP contribution in [0.1, 0.15) is 39.0 Å². The van der Waals surface area contributed by atoms with Gasteiger partial charge in [0, 0.05) is 24.2 Å².